The van der Waals surface area contributed by atoms with Crippen molar-refractivity contribution in [2.45, 2.75) is 39.3 Å². The summed E-state index contributed by atoms with van der Waals surface area (Å²) in [6.07, 6.45) is -0.327. The SMILES string of the molecule is CC(=O)N1c2ccccc2NC1c1cc(N(c2ccc3c(c2)-c2ccccc2C3(C)C)c2ccc3c4ccccc4c4ccccc4c3c2)ccc1C. The molecular formula is C49H39N3O. The van der Waals surface area contributed by atoms with Crippen LogP contribution in [0, 0.1) is 6.92 Å². The Morgan fingerprint density at radius 1 is 0.585 bits per heavy atom. The lowest BCUT2D eigenvalue weighted by molar-refractivity contribution is -0.116. The average Bonchev–Trinajstić information content (AvgIpc) is 3.68. The zero-order valence-electron chi connectivity index (χ0n) is 30.3. The average molecular weight is 686 g/mol. The van der Waals surface area contributed by atoms with Gasteiger partial charge in [-0.15, -0.1) is 0 Å². The van der Waals surface area contributed by atoms with E-state index < -0.39 is 0 Å². The maximum atomic E-state index is 13.2. The highest BCUT2D eigenvalue weighted by Gasteiger charge is 2.36. The highest BCUT2D eigenvalue weighted by atomic mass is 16.2. The van der Waals surface area contributed by atoms with E-state index in [1.807, 2.05) is 29.2 Å². The zero-order valence-corrected chi connectivity index (χ0v) is 30.3. The van der Waals surface area contributed by atoms with Crippen molar-refractivity contribution in [1.82, 2.24) is 0 Å². The van der Waals surface area contributed by atoms with Gasteiger partial charge in [0.1, 0.15) is 6.17 Å². The summed E-state index contributed by atoms with van der Waals surface area (Å²) in [4.78, 5) is 17.5. The molecule has 1 heterocycles. The highest BCUT2D eigenvalue weighted by Crippen LogP contribution is 2.51. The van der Waals surface area contributed by atoms with E-state index in [0.717, 1.165) is 39.6 Å². The molecule has 1 amide bonds. The summed E-state index contributed by atoms with van der Waals surface area (Å²) in [5.41, 5.74) is 12.4. The summed E-state index contributed by atoms with van der Waals surface area (Å²) in [6, 6.07) is 54.9. The van der Waals surface area contributed by atoms with Gasteiger partial charge in [0.15, 0.2) is 0 Å². The number of hydrogen-bond donors (Lipinski definition) is 1. The monoisotopic (exact) mass is 685 g/mol. The second-order valence-electron chi connectivity index (χ2n) is 15.1. The first-order valence-electron chi connectivity index (χ1n) is 18.4. The van der Waals surface area contributed by atoms with Gasteiger partial charge in [-0.25, -0.2) is 0 Å². The number of anilines is 5. The van der Waals surface area contributed by atoms with Crippen LogP contribution < -0.4 is 15.1 Å². The molecule has 0 saturated carbocycles. The minimum Gasteiger partial charge on any atom is -0.359 e. The van der Waals surface area contributed by atoms with Crippen molar-refractivity contribution in [2.75, 3.05) is 15.1 Å². The van der Waals surface area contributed by atoms with E-state index >= 15 is 0 Å². The van der Waals surface area contributed by atoms with Crippen LogP contribution in [0.1, 0.15) is 49.2 Å². The van der Waals surface area contributed by atoms with Crippen LogP contribution in [-0.2, 0) is 10.2 Å². The highest BCUT2D eigenvalue weighted by molar-refractivity contribution is 6.25. The van der Waals surface area contributed by atoms with Crippen molar-refractivity contribution in [2.24, 2.45) is 0 Å². The zero-order chi connectivity index (χ0) is 36.0. The molecule has 0 bridgehead atoms. The van der Waals surface area contributed by atoms with Crippen LogP contribution in [0.4, 0.5) is 28.4 Å². The van der Waals surface area contributed by atoms with Gasteiger partial charge in [-0.1, -0.05) is 117 Å². The third-order valence-electron chi connectivity index (χ3n) is 11.7. The Morgan fingerprint density at radius 3 is 1.87 bits per heavy atom. The molecule has 10 rings (SSSR count). The number of nitrogens with one attached hydrogen (secondary N) is 1. The maximum Gasteiger partial charge on any atom is 0.225 e. The van der Waals surface area contributed by atoms with Crippen LogP contribution in [0.5, 0.6) is 0 Å². The van der Waals surface area contributed by atoms with E-state index in [-0.39, 0.29) is 17.5 Å². The first kappa shape index (κ1) is 31.4. The van der Waals surface area contributed by atoms with Crippen LogP contribution in [0.25, 0.3) is 43.4 Å². The predicted molar refractivity (Wildman–Crippen MR) is 222 cm³/mol. The molecule has 0 saturated heterocycles. The second-order valence-corrected chi connectivity index (χ2v) is 15.1. The fraction of sp³-hybridized carbons (Fsp3) is 0.122. The number of rotatable bonds is 4. The minimum atomic E-state index is -0.327. The van der Waals surface area contributed by atoms with Gasteiger partial charge < -0.3 is 10.2 Å². The second kappa shape index (κ2) is 11.6. The van der Waals surface area contributed by atoms with Crippen LogP contribution in [0.2, 0.25) is 0 Å². The van der Waals surface area contributed by atoms with Crippen molar-refractivity contribution in [3.05, 3.63) is 174 Å². The van der Waals surface area contributed by atoms with Crippen molar-refractivity contribution < 1.29 is 4.79 Å². The topological polar surface area (TPSA) is 35.6 Å². The Bertz CT molecular complexity index is 2780. The smallest absolute Gasteiger partial charge is 0.225 e. The van der Waals surface area contributed by atoms with Crippen LogP contribution in [-0.4, -0.2) is 5.91 Å². The molecule has 8 aromatic carbocycles. The Hall–Kier alpha value is -6.39. The van der Waals surface area contributed by atoms with E-state index in [9.17, 15) is 4.79 Å². The molecule has 4 nitrogen and oxygen atoms in total. The number of amides is 1. The molecule has 8 aromatic rings. The lowest BCUT2D eigenvalue weighted by Gasteiger charge is -2.30. The largest absolute Gasteiger partial charge is 0.359 e. The fourth-order valence-electron chi connectivity index (χ4n) is 9.12. The molecule has 1 atom stereocenters. The Kier molecular flexibility index (Phi) is 6.84. The van der Waals surface area contributed by atoms with E-state index in [1.54, 1.807) is 6.92 Å². The third-order valence-corrected chi connectivity index (χ3v) is 11.7. The fourth-order valence-corrected chi connectivity index (χ4v) is 9.12. The van der Waals surface area contributed by atoms with Crippen LogP contribution in [0.3, 0.4) is 0 Å². The number of hydrogen-bond acceptors (Lipinski definition) is 3. The van der Waals surface area contributed by atoms with Crippen molar-refractivity contribution in [3.8, 4) is 11.1 Å². The molecule has 0 radical (unpaired) electrons. The molecule has 0 aromatic heterocycles. The molecule has 1 N–H and O–H groups in total. The summed E-state index contributed by atoms with van der Waals surface area (Å²) in [5, 5.41) is 11.1. The third kappa shape index (κ3) is 4.65. The normalized spacial score (nSPS) is 15.3. The van der Waals surface area contributed by atoms with Gasteiger partial charge in [0, 0.05) is 29.4 Å². The van der Waals surface area contributed by atoms with Crippen LogP contribution in [0.15, 0.2) is 152 Å². The molecular weight excluding hydrogens is 647 g/mol. The van der Waals surface area contributed by atoms with Crippen molar-refractivity contribution >= 4 is 66.7 Å². The van der Waals surface area contributed by atoms with Crippen molar-refractivity contribution in [3.63, 3.8) is 0 Å². The van der Waals surface area contributed by atoms with Gasteiger partial charge in [-0.3, -0.25) is 9.69 Å². The molecule has 0 fully saturated rings. The van der Waals surface area contributed by atoms with E-state index in [1.165, 1.54) is 54.6 Å². The number of carbonyl (C=O) groups excluding carboxylic acids is 1. The van der Waals surface area contributed by atoms with Gasteiger partial charge in [0.05, 0.1) is 11.4 Å². The van der Waals surface area contributed by atoms with E-state index in [2.05, 4.69) is 158 Å². The number of nitrogens with zero attached hydrogens (tertiary/aromatic N) is 2. The summed E-state index contributed by atoms with van der Waals surface area (Å²) >= 11 is 0. The standard InChI is InChI=1S/C49H39N3O/c1-30-21-22-32(27-41(30)48-50-46-19-11-12-20-47(46)51(48)31(2)53)52(34-24-26-45-43(29-34)40-17-9-10-18-44(40)49(45,3)4)33-23-25-39-37-15-6-5-13-35(37)36-14-7-8-16-38(36)42(39)28-33/h5-29,48,50H,1-4H3. The quantitative estimate of drug-likeness (QED) is 0.187. The summed E-state index contributed by atoms with van der Waals surface area (Å²) in [6.45, 7) is 8.43. The van der Waals surface area contributed by atoms with Crippen LogP contribution >= 0.6 is 0 Å². The van der Waals surface area contributed by atoms with Crippen molar-refractivity contribution in [1.29, 1.82) is 0 Å². The Balaban J connectivity index is 1.21. The number of benzene rings is 8. The maximum absolute atomic E-state index is 13.2. The molecule has 0 spiro atoms. The number of fused-ring (bicyclic) bond motifs is 10. The first-order chi connectivity index (χ1) is 25.8. The molecule has 53 heavy (non-hydrogen) atoms. The van der Waals surface area contributed by atoms with E-state index in [0.29, 0.717) is 0 Å². The summed E-state index contributed by atoms with van der Waals surface area (Å²) in [7, 11) is 0. The summed E-state index contributed by atoms with van der Waals surface area (Å²) < 4.78 is 0. The number of aryl methyl sites for hydroxylation is 1. The Labute approximate surface area is 309 Å². The van der Waals surface area contributed by atoms with E-state index in [4.69, 9.17) is 0 Å². The molecule has 4 heteroatoms. The lowest BCUT2D eigenvalue weighted by Crippen LogP contribution is -2.32. The number of carbonyl (C=O) groups is 1. The minimum absolute atomic E-state index is 0.00245. The Morgan fingerprint density at radius 2 is 1.13 bits per heavy atom. The van der Waals surface area contributed by atoms with Gasteiger partial charge in [0.25, 0.3) is 0 Å². The number of para-hydroxylation sites is 2. The lowest BCUT2D eigenvalue weighted by atomic mass is 9.82. The molecule has 2 aliphatic rings. The predicted octanol–water partition coefficient (Wildman–Crippen LogP) is 12.7. The van der Waals surface area contributed by atoms with Gasteiger partial charge in [-0.05, 0) is 121 Å². The molecule has 1 unspecified atom stereocenters. The molecule has 1 aliphatic carbocycles. The van der Waals surface area contributed by atoms with Gasteiger partial charge in [0.2, 0.25) is 5.91 Å². The van der Waals surface area contributed by atoms with Gasteiger partial charge >= 0.3 is 0 Å². The van der Waals surface area contributed by atoms with Gasteiger partial charge in [-0.2, -0.15) is 0 Å². The summed E-state index contributed by atoms with van der Waals surface area (Å²) in [5.74, 6) is 0.00245. The molecule has 1 aliphatic heterocycles. The first-order valence-corrected chi connectivity index (χ1v) is 18.4. The molecule has 256 valence electrons.